The Balaban J connectivity index is 1.87. The molecule has 0 saturated carbocycles. The average molecular weight is 298 g/mol. The summed E-state index contributed by atoms with van der Waals surface area (Å²) in [6, 6.07) is 6.44. The fourth-order valence-electron chi connectivity index (χ4n) is 2.30. The van der Waals surface area contributed by atoms with E-state index in [1.54, 1.807) is 11.3 Å². The smallest absolute Gasteiger partial charge is 0.0809 e. The van der Waals surface area contributed by atoms with Gasteiger partial charge in [0.05, 0.1) is 33.8 Å². The molecule has 0 spiro atoms. The first kappa shape index (κ1) is 13.8. The predicted octanol–water partition coefficient (Wildman–Crippen LogP) is 3.93. The molecule has 0 radical (unpaired) electrons. The van der Waals surface area contributed by atoms with Gasteiger partial charge in [-0.05, 0) is 36.1 Å². The Labute approximate surface area is 128 Å². The van der Waals surface area contributed by atoms with E-state index in [4.69, 9.17) is 0 Å². The second-order valence-corrected chi connectivity index (χ2v) is 6.17. The largest absolute Gasteiger partial charge is 0.376 e. The summed E-state index contributed by atoms with van der Waals surface area (Å²) in [6.07, 6.45) is 5.62. The van der Waals surface area contributed by atoms with Gasteiger partial charge in [-0.25, -0.2) is 0 Å². The number of fused-ring (bicyclic) bond motifs is 1. The molecule has 0 aliphatic heterocycles. The second kappa shape index (κ2) is 5.69. The molecule has 0 saturated heterocycles. The van der Waals surface area contributed by atoms with E-state index in [0.29, 0.717) is 0 Å². The SMILES string of the molecule is CC(Nc1cnccc1N(C)C)c1cnc2ccsc2c1. The van der Waals surface area contributed by atoms with E-state index in [-0.39, 0.29) is 6.04 Å². The monoisotopic (exact) mass is 298 g/mol. The average Bonchev–Trinajstić information content (AvgIpc) is 2.94. The molecule has 4 nitrogen and oxygen atoms in total. The Morgan fingerprint density at radius 1 is 1.24 bits per heavy atom. The molecule has 3 rings (SSSR count). The zero-order valence-corrected chi connectivity index (χ0v) is 13.2. The van der Waals surface area contributed by atoms with Crippen molar-refractivity contribution in [2.45, 2.75) is 13.0 Å². The molecule has 1 N–H and O–H groups in total. The molecule has 0 bridgehead atoms. The number of anilines is 2. The lowest BCUT2D eigenvalue weighted by molar-refractivity contribution is 0.876. The van der Waals surface area contributed by atoms with Crippen molar-refractivity contribution in [3.05, 3.63) is 47.7 Å². The van der Waals surface area contributed by atoms with E-state index < -0.39 is 0 Å². The molecular formula is C16H18N4S. The van der Waals surface area contributed by atoms with Crippen LogP contribution in [0, 0.1) is 0 Å². The predicted molar refractivity (Wildman–Crippen MR) is 90.2 cm³/mol. The molecular weight excluding hydrogens is 280 g/mol. The minimum absolute atomic E-state index is 0.173. The van der Waals surface area contributed by atoms with Gasteiger partial charge in [0.1, 0.15) is 0 Å². The highest BCUT2D eigenvalue weighted by Gasteiger charge is 2.11. The molecule has 21 heavy (non-hydrogen) atoms. The van der Waals surface area contributed by atoms with Crippen LogP contribution in [0.4, 0.5) is 11.4 Å². The lowest BCUT2D eigenvalue weighted by Crippen LogP contribution is -2.14. The molecule has 1 atom stereocenters. The van der Waals surface area contributed by atoms with Crippen LogP contribution in [-0.2, 0) is 0 Å². The molecule has 1 unspecified atom stereocenters. The summed E-state index contributed by atoms with van der Waals surface area (Å²) in [6.45, 7) is 2.14. The van der Waals surface area contributed by atoms with E-state index in [9.17, 15) is 0 Å². The minimum Gasteiger partial charge on any atom is -0.376 e. The zero-order valence-electron chi connectivity index (χ0n) is 12.4. The van der Waals surface area contributed by atoms with E-state index in [1.165, 1.54) is 10.3 Å². The van der Waals surface area contributed by atoms with Crippen LogP contribution in [0.5, 0.6) is 0 Å². The van der Waals surface area contributed by atoms with Crippen LogP contribution in [0.15, 0.2) is 42.2 Å². The number of thiophene rings is 1. The first-order valence-electron chi connectivity index (χ1n) is 6.86. The van der Waals surface area contributed by atoms with Crippen LogP contribution in [0.1, 0.15) is 18.5 Å². The van der Waals surface area contributed by atoms with Gasteiger partial charge in [0.15, 0.2) is 0 Å². The number of pyridine rings is 2. The summed E-state index contributed by atoms with van der Waals surface area (Å²) >= 11 is 1.72. The molecule has 0 aliphatic rings. The van der Waals surface area contributed by atoms with Gasteiger partial charge in [0.2, 0.25) is 0 Å². The van der Waals surface area contributed by atoms with Crippen molar-refractivity contribution in [1.29, 1.82) is 0 Å². The fourth-order valence-corrected chi connectivity index (χ4v) is 3.09. The van der Waals surface area contributed by atoms with E-state index in [2.05, 4.69) is 38.6 Å². The Hall–Kier alpha value is -2.14. The third kappa shape index (κ3) is 2.83. The van der Waals surface area contributed by atoms with Gasteiger partial charge in [-0.1, -0.05) is 0 Å². The molecule has 0 amide bonds. The lowest BCUT2D eigenvalue weighted by Gasteiger charge is -2.21. The van der Waals surface area contributed by atoms with Gasteiger partial charge in [-0.2, -0.15) is 0 Å². The lowest BCUT2D eigenvalue weighted by atomic mass is 10.1. The van der Waals surface area contributed by atoms with Crippen LogP contribution in [-0.4, -0.2) is 24.1 Å². The van der Waals surface area contributed by atoms with Gasteiger partial charge < -0.3 is 10.2 Å². The topological polar surface area (TPSA) is 41.1 Å². The Morgan fingerprint density at radius 2 is 2.10 bits per heavy atom. The summed E-state index contributed by atoms with van der Waals surface area (Å²) < 4.78 is 1.22. The van der Waals surface area contributed by atoms with Crippen LogP contribution in [0.3, 0.4) is 0 Å². The molecule has 5 heteroatoms. The van der Waals surface area contributed by atoms with Crippen molar-refractivity contribution >= 4 is 32.9 Å². The fraction of sp³-hybridized carbons (Fsp3) is 0.250. The maximum atomic E-state index is 4.51. The van der Waals surface area contributed by atoms with Gasteiger partial charge in [0.25, 0.3) is 0 Å². The molecule has 3 heterocycles. The summed E-state index contributed by atoms with van der Waals surface area (Å²) in [5.74, 6) is 0. The summed E-state index contributed by atoms with van der Waals surface area (Å²) in [5.41, 5.74) is 4.40. The molecule has 108 valence electrons. The Morgan fingerprint density at radius 3 is 2.90 bits per heavy atom. The highest BCUT2D eigenvalue weighted by atomic mass is 32.1. The van der Waals surface area contributed by atoms with Crippen molar-refractivity contribution < 1.29 is 0 Å². The van der Waals surface area contributed by atoms with Crippen molar-refractivity contribution in [2.24, 2.45) is 0 Å². The molecule has 0 aliphatic carbocycles. The van der Waals surface area contributed by atoms with Crippen molar-refractivity contribution in [1.82, 2.24) is 9.97 Å². The van der Waals surface area contributed by atoms with E-state index in [1.807, 2.05) is 44.8 Å². The van der Waals surface area contributed by atoms with Gasteiger partial charge in [0, 0.05) is 26.5 Å². The quantitative estimate of drug-likeness (QED) is 0.792. The number of hydrogen-bond acceptors (Lipinski definition) is 5. The highest BCUT2D eigenvalue weighted by Crippen LogP contribution is 2.28. The molecule has 3 aromatic heterocycles. The summed E-state index contributed by atoms with van der Waals surface area (Å²) in [5, 5.41) is 5.60. The van der Waals surface area contributed by atoms with Gasteiger partial charge in [-0.3, -0.25) is 9.97 Å². The third-order valence-corrected chi connectivity index (χ3v) is 4.33. The third-order valence-electron chi connectivity index (χ3n) is 3.48. The summed E-state index contributed by atoms with van der Waals surface area (Å²) in [4.78, 5) is 10.8. The van der Waals surface area contributed by atoms with Crippen LogP contribution in [0.25, 0.3) is 10.2 Å². The number of nitrogens with one attached hydrogen (secondary N) is 1. The molecule has 0 fully saturated rings. The van der Waals surface area contributed by atoms with Crippen molar-refractivity contribution in [3.63, 3.8) is 0 Å². The van der Waals surface area contributed by atoms with Crippen LogP contribution >= 0.6 is 11.3 Å². The Bertz CT molecular complexity index is 751. The van der Waals surface area contributed by atoms with E-state index in [0.717, 1.165) is 16.9 Å². The maximum Gasteiger partial charge on any atom is 0.0809 e. The van der Waals surface area contributed by atoms with E-state index >= 15 is 0 Å². The Kier molecular flexibility index (Phi) is 3.75. The highest BCUT2D eigenvalue weighted by molar-refractivity contribution is 7.17. The van der Waals surface area contributed by atoms with Crippen LogP contribution in [0.2, 0.25) is 0 Å². The molecule has 0 aromatic carbocycles. The number of aromatic nitrogens is 2. The zero-order chi connectivity index (χ0) is 14.8. The second-order valence-electron chi connectivity index (χ2n) is 5.23. The van der Waals surface area contributed by atoms with Gasteiger partial charge in [-0.15, -0.1) is 11.3 Å². The number of nitrogens with zero attached hydrogens (tertiary/aromatic N) is 3. The van der Waals surface area contributed by atoms with Crippen LogP contribution < -0.4 is 10.2 Å². The maximum absolute atomic E-state index is 4.51. The van der Waals surface area contributed by atoms with Gasteiger partial charge >= 0.3 is 0 Å². The minimum atomic E-state index is 0.173. The standard InChI is InChI=1S/C16H18N4S/c1-11(12-8-16-13(18-9-12)5-7-21-16)19-14-10-17-6-4-15(14)20(2)3/h4-11,19H,1-3H3. The molecule has 3 aromatic rings. The van der Waals surface area contributed by atoms with Crippen molar-refractivity contribution in [3.8, 4) is 0 Å². The normalized spacial score (nSPS) is 12.3. The summed E-state index contributed by atoms with van der Waals surface area (Å²) in [7, 11) is 4.06. The first-order chi connectivity index (χ1) is 10.1. The van der Waals surface area contributed by atoms with Crippen molar-refractivity contribution in [2.75, 3.05) is 24.3 Å². The first-order valence-corrected chi connectivity index (χ1v) is 7.74. The number of rotatable bonds is 4. The number of hydrogen-bond donors (Lipinski definition) is 1.